The van der Waals surface area contributed by atoms with Gasteiger partial charge in [0.25, 0.3) is 5.91 Å². The molecule has 0 saturated heterocycles. The third kappa shape index (κ3) is 4.18. The molecule has 144 valence electrons. The molecule has 0 aliphatic carbocycles. The Kier molecular flexibility index (Phi) is 5.70. The van der Waals surface area contributed by atoms with Crippen molar-refractivity contribution < 1.29 is 24.5 Å². The van der Waals surface area contributed by atoms with E-state index in [1.165, 1.54) is 0 Å². The molecule has 0 bridgehead atoms. The number of phenolic OH excluding ortho intramolecular Hbond substituents is 2. The van der Waals surface area contributed by atoms with Crippen molar-refractivity contribution in [2.45, 2.75) is 13.0 Å². The van der Waals surface area contributed by atoms with Crippen LogP contribution in [0.3, 0.4) is 0 Å². The van der Waals surface area contributed by atoms with E-state index in [0.717, 1.165) is 11.6 Å². The Morgan fingerprint density at radius 3 is 2.50 bits per heavy atom. The second-order valence-corrected chi connectivity index (χ2v) is 6.69. The third-order valence-corrected chi connectivity index (χ3v) is 4.51. The molecule has 0 aromatic heterocycles. The largest absolute Gasteiger partial charge is 0.507 e. The number of hydrogen-bond donors (Lipinski definition) is 3. The fourth-order valence-corrected chi connectivity index (χ4v) is 3.05. The van der Waals surface area contributed by atoms with Gasteiger partial charge in [-0.15, -0.1) is 0 Å². The van der Waals surface area contributed by atoms with Crippen molar-refractivity contribution in [2.75, 3.05) is 6.61 Å². The van der Waals surface area contributed by atoms with E-state index >= 15 is 0 Å². The van der Waals surface area contributed by atoms with Crippen molar-refractivity contribution in [2.24, 2.45) is 0 Å². The number of fused-ring (bicyclic) bond motifs is 1. The zero-order chi connectivity index (χ0) is 20.3. The fourth-order valence-electron chi connectivity index (χ4n) is 2.85. The van der Waals surface area contributed by atoms with Gasteiger partial charge in [-0.3, -0.25) is 4.79 Å². The van der Waals surface area contributed by atoms with Crippen molar-refractivity contribution in [3.05, 3.63) is 70.7 Å². The molecule has 0 aliphatic rings. The molecule has 1 amide bonds. The summed E-state index contributed by atoms with van der Waals surface area (Å²) in [5, 5.41) is 24.3. The minimum atomic E-state index is -0.913. The van der Waals surface area contributed by atoms with E-state index in [0.29, 0.717) is 15.8 Å². The minimum Gasteiger partial charge on any atom is -0.507 e. The number of amides is 1. The number of carbonyl (C=O) groups is 2. The molecule has 0 saturated carbocycles. The van der Waals surface area contributed by atoms with Crippen LogP contribution >= 0.6 is 11.6 Å². The van der Waals surface area contributed by atoms with Crippen LogP contribution in [0.2, 0.25) is 5.02 Å². The standard InChI is InChI=1S/C21H18ClNO5/c1-12(13-5-4-6-14(22)9-13)23-19(25)11-28-21(27)17-10-18(24)15-7-2-3-8-16(15)20(17)26/h2-10,12,24,26H,11H2,1H3,(H,23,25)/t12-/m0/s1. The predicted octanol–water partition coefficient (Wildman–Crippen LogP) is 3.94. The molecule has 3 aromatic rings. The van der Waals surface area contributed by atoms with Crippen LogP contribution in [0.4, 0.5) is 0 Å². The zero-order valence-corrected chi connectivity index (χ0v) is 15.7. The van der Waals surface area contributed by atoms with E-state index in [1.54, 1.807) is 49.4 Å². The number of carbonyl (C=O) groups excluding carboxylic acids is 2. The Morgan fingerprint density at radius 1 is 1.07 bits per heavy atom. The van der Waals surface area contributed by atoms with E-state index in [1.807, 2.05) is 6.07 Å². The predicted molar refractivity (Wildman–Crippen MR) is 106 cm³/mol. The first-order chi connectivity index (χ1) is 13.4. The number of aromatic hydroxyl groups is 2. The normalized spacial score (nSPS) is 11.8. The van der Waals surface area contributed by atoms with Crippen LogP contribution in [0.15, 0.2) is 54.6 Å². The summed E-state index contributed by atoms with van der Waals surface area (Å²) < 4.78 is 4.99. The van der Waals surface area contributed by atoms with E-state index in [-0.39, 0.29) is 23.1 Å². The number of halogens is 1. The third-order valence-electron chi connectivity index (χ3n) is 4.27. The summed E-state index contributed by atoms with van der Waals surface area (Å²) in [6, 6.07) is 14.4. The number of rotatable bonds is 5. The molecule has 6 nitrogen and oxygen atoms in total. The average molecular weight is 400 g/mol. The molecular weight excluding hydrogens is 382 g/mol. The number of benzene rings is 3. The molecular formula is C21H18ClNO5. The Hall–Kier alpha value is -3.25. The van der Waals surface area contributed by atoms with Gasteiger partial charge in [-0.2, -0.15) is 0 Å². The molecule has 0 fully saturated rings. The SMILES string of the molecule is C[C@H](NC(=O)COC(=O)c1cc(O)c2ccccc2c1O)c1cccc(Cl)c1. The lowest BCUT2D eigenvalue weighted by molar-refractivity contribution is -0.124. The van der Waals surface area contributed by atoms with Crippen LogP contribution in [0.5, 0.6) is 11.5 Å². The number of nitrogens with one attached hydrogen (secondary N) is 1. The maximum absolute atomic E-state index is 12.3. The highest BCUT2D eigenvalue weighted by Crippen LogP contribution is 2.35. The van der Waals surface area contributed by atoms with E-state index < -0.39 is 18.5 Å². The van der Waals surface area contributed by atoms with Gasteiger partial charge in [0, 0.05) is 15.8 Å². The minimum absolute atomic E-state index is 0.167. The molecule has 28 heavy (non-hydrogen) atoms. The van der Waals surface area contributed by atoms with Gasteiger partial charge in [-0.25, -0.2) is 4.79 Å². The van der Waals surface area contributed by atoms with Crippen LogP contribution in [-0.4, -0.2) is 28.7 Å². The summed E-state index contributed by atoms with van der Waals surface area (Å²) in [5.41, 5.74) is 0.594. The second kappa shape index (κ2) is 8.19. The van der Waals surface area contributed by atoms with Gasteiger partial charge >= 0.3 is 5.97 Å². The quantitative estimate of drug-likeness (QED) is 0.446. The number of hydrogen-bond acceptors (Lipinski definition) is 5. The maximum atomic E-state index is 12.3. The maximum Gasteiger partial charge on any atom is 0.342 e. The van der Waals surface area contributed by atoms with Gasteiger partial charge in [0.05, 0.1) is 6.04 Å². The second-order valence-electron chi connectivity index (χ2n) is 6.26. The van der Waals surface area contributed by atoms with E-state index in [2.05, 4.69) is 5.32 Å². The Labute approximate surface area is 166 Å². The van der Waals surface area contributed by atoms with Crippen molar-refractivity contribution in [3.8, 4) is 11.5 Å². The molecule has 3 N–H and O–H groups in total. The first kappa shape index (κ1) is 19.5. The number of ether oxygens (including phenoxy) is 1. The Balaban J connectivity index is 1.66. The molecule has 1 atom stereocenters. The first-order valence-electron chi connectivity index (χ1n) is 8.52. The zero-order valence-electron chi connectivity index (χ0n) is 15.0. The molecule has 0 unspecified atom stereocenters. The van der Waals surface area contributed by atoms with Crippen molar-refractivity contribution in [3.63, 3.8) is 0 Å². The lowest BCUT2D eigenvalue weighted by Crippen LogP contribution is -2.31. The van der Waals surface area contributed by atoms with Gasteiger partial charge in [-0.05, 0) is 30.7 Å². The van der Waals surface area contributed by atoms with Crippen molar-refractivity contribution in [1.82, 2.24) is 5.32 Å². The summed E-state index contributed by atoms with van der Waals surface area (Å²) in [4.78, 5) is 24.4. The Bertz CT molecular complexity index is 1050. The molecule has 3 aromatic carbocycles. The summed E-state index contributed by atoms with van der Waals surface area (Å²) in [5.74, 6) is -1.90. The van der Waals surface area contributed by atoms with Gasteiger partial charge < -0.3 is 20.3 Å². The topological polar surface area (TPSA) is 95.9 Å². The summed E-state index contributed by atoms with van der Waals surface area (Å²) in [6.45, 7) is 1.25. The van der Waals surface area contributed by atoms with Gasteiger partial charge in [-0.1, -0.05) is 48.0 Å². The summed E-state index contributed by atoms with van der Waals surface area (Å²) >= 11 is 5.94. The molecule has 3 rings (SSSR count). The average Bonchev–Trinajstić information content (AvgIpc) is 2.69. The lowest BCUT2D eigenvalue weighted by atomic mass is 10.0. The lowest BCUT2D eigenvalue weighted by Gasteiger charge is -2.15. The van der Waals surface area contributed by atoms with Gasteiger partial charge in [0.2, 0.25) is 0 Å². The van der Waals surface area contributed by atoms with E-state index in [9.17, 15) is 19.8 Å². The number of esters is 1. The smallest absolute Gasteiger partial charge is 0.342 e. The van der Waals surface area contributed by atoms with Crippen molar-refractivity contribution in [1.29, 1.82) is 0 Å². The molecule has 0 radical (unpaired) electrons. The molecule has 0 spiro atoms. The number of phenols is 2. The fraction of sp³-hybridized carbons (Fsp3) is 0.143. The van der Waals surface area contributed by atoms with Crippen LogP contribution in [0.1, 0.15) is 28.9 Å². The van der Waals surface area contributed by atoms with Crippen molar-refractivity contribution >= 4 is 34.2 Å². The Morgan fingerprint density at radius 2 is 1.79 bits per heavy atom. The summed E-state index contributed by atoms with van der Waals surface area (Å²) in [7, 11) is 0. The summed E-state index contributed by atoms with van der Waals surface area (Å²) in [6.07, 6.45) is 0. The van der Waals surface area contributed by atoms with Crippen LogP contribution < -0.4 is 5.32 Å². The first-order valence-corrected chi connectivity index (χ1v) is 8.90. The highest BCUT2D eigenvalue weighted by Gasteiger charge is 2.19. The molecule has 0 heterocycles. The molecule has 0 aliphatic heterocycles. The monoisotopic (exact) mass is 399 g/mol. The van der Waals surface area contributed by atoms with Crippen LogP contribution in [0, 0.1) is 0 Å². The highest BCUT2D eigenvalue weighted by atomic mass is 35.5. The van der Waals surface area contributed by atoms with Gasteiger partial charge in [0.15, 0.2) is 6.61 Å². The highest BCUT2D eigenvalue weighted by molar-refractivity contribution is 6.30. The van der Waals surface area contributed by atoms with Crippen LogP contribution in [0.25, 0.3) is 10.8 Å². The molecule has 7 heteroatoms. The van der Waals surface area contributed by atoms with Gasteiger partial charge in [0.1, 0.15) is 17.1 Å². The van der Waals surface area contributed by atoms with Crippen LogP contribution in [-0.2, 0) is 9.53 Å². The van der Waals surface area contributed by atoms with E-state index in [4.69, 9.17) is 16.3 Å².